The molecule has 0 atom stereocenters. The van der Waals surface area contributed by atoms with Crippen LogP contribution >= 0.6 is 0 Å². The third-order valence-electron chi connectivity index (χ3n) is 4.18. The van der Waals surface area contributed by atoms with Crippen LogP contribution < -0.4 is 9.47 Å². The first-order valence-electron chi connectivity index (χ1n) is 7.05. The van der Waals surface area contributed by atoms with E-state index in [0.29, 0.717) is 0 Å². The highest BCUT2D eigenvalue weighted by Crippen LogP contribution is 2.46. The number of aliphatic imine (C=N–C) groups is 1. The van der Waals surface area contributed by atoms with Crippen LogP contribution in [0.25, 0.3) is 0 Å². The lowest BCUT2D eigenvalue weighted by Gasteiger charge is -2.27. The van der Waals surface area contributed by atoms with E-state index in [1.807, 2.05) is 12.1 Å². The summed E-state index contributed by atoms with van der Waals surface area (Å²) in [4.78, 5) is 15.1. The molecule has 1 fully saturated rings. The Bertz CT molecular complexity index is 527. The maximum Gasteiger partial charge on any atom is 0.235 e. The Labute approximate surface area is 119 Å². The number of hydrogen-bond acceptors (Lipinski definition) is 4. The molecule has 1 aromatic carbocycles. The molecule has 1 aromatic rings. The summed E-state index contributed by atoms with van der Waals surface area (Å²) < 4.78 is 10.8. The van der Waals surface area contributed by atoms with Gasteiger partial charge in [0.1, 0.15) is 11.5 Å². The first kappa shape index (κ1) is 14.6. The Balaban J connectivity index is 2.66. The van der Waals surface area contributed by atoms with Crippen LogP contribution in [0.5, 0.6) is 11.5 Å². The predicted octanol–water partition coefficient (Wildman–Crippen LogP) is 3.37. The fourth-order valence-electron chi connectivity index (χ4n) is 3.19. The second kappa shape index (κ2) is 6.10. The van der Waals surface area contributed by atoms with E-state index in [0.717, 1.165) is 54.7 Å². The smallest absolute Gasteiger partial charge is 0.235 e. The summed E-state index contributed by atoms with van der Waals surface area (Å²) in [5.74, 6) is 1.54. The number of rotatable bonds is 5. The Morgan fingerprint density at radius 1 is 1.25 bits per heavy atom. The molecule has 0 N–H and O–H groups in total. The second-order valence-electron chi connectivity index (χ2n) is 5.15. The van der Waals surface area contributed by atoms with Gasteiger partial charge in [-0.3, -0.25) is 0 Å². The van der Waals surface area contributed by atoms with Gasteiger partial charge < -0.3 is 9.47 Å². The van der Waals surface area contributed by atoms with Crippen LogP contribution in [0.15, 0.2) is 17.1 Å². The Kier molecular flexibility index (Phi) is 4.46. The van der Waals surface area contributed by atoms with E-state index in [2.05, 4.69) is 11.9 Å². The van der Waals surface area contributed by atoms with Crippen LogP contribution in [0, 0.1) is 0 Å². The molecule has 20 heavy (non-hydrogen) atoms. The molecule has 2 rings (SSSR count). The summed E-state index contributed by atoms with van der Waals surface area (Å²) in [5.41, 5.74) is 1.71. The van der Waals surface area contributed by atoms with Crippen molar-refractivity contribution in [2.75, 3.05) is 14.2 Å². The first-order valence-corrected chi connectivity index (χ1v) is 7.05. The minimum absolute atomic E-state index is 0.449. The molecule has 0 bridgehead atoms. The molecule has 0 aromatic heterocycles. The van der Waals surface area contributed by atoms with E-state index in [4.69, 9.17) is 9.47 Å². The molecule has 0 radical (unpaired) electrons. The second-order valence-corrected chi connectivity index (χ2v) is 5.15. The lowest BCUT2D eigenvalue weighted by Crippen LogP contribution is -2.21. The molecule has 108 valence electrons. The quantitative estimate of drug-likeness (QED) is 0.611. The largest absolute Gasteiger partial charge is 0.497 e. The van der Waals surface area contributed by atoms with Gasteiger partial charge in [0.05, 0.1) is 19.8 Å². The van der Waals surface area contributed by atoms with E-state index >= 15 is 0 Å². The molecule has 1 aliphatic rings. The van der Waals surface area contributed by atoms with Gasteiger partial charge in [-0.1, -0.05) is 19.8 Å². The van der Waals surface area contributed by atoms with Crippen LogP contribution in [0.3, 0.4) is 0 Å². The highest BCUT2D eigenvalue weighted by Gasteiger charge is 2.38. The van der Waals surface area contributed by atoms with Gasteiger partial charge in [-0.05, 0) is 36.5 Å². The van der Waals surface area contributed by atoms with Gasteiger partial charge in [-0.2, -0.15) is 4.99 Å². The molecule has 0 amide bonds. The Morgan fingerprint density at radius 3 is 2.45 bits per heavy atom. The van der Waals surface area contributed by atoms with Crippen molar-refractivity contribution in [1.82, 2.24) is 0 Å². The van der Waals surface area contributed by atoms with Crippen molar-refractivity contribution in [3.63, 3.8) is 0 Å². The lowest BCUT2D eigenvalue weighted by atomic mass is 9.84. The van der Waals surface area contributed by atoms with Crippen LogP contribution in [-0.2, 0) is 16.8 Å². The lowest BCUT2D eigenvalue weighted by molar-refractivity contribution is 0.381. The van der Waals surface area contributed by atoms with Crippen molar-refractivity contribution in [3.8, 4) is 11.5 Å². The number of hydrogen-bond donors (Lipinski definition) is 0. The van der Waals surface area contributed by atoms with Crippen molar-refractivity contribution >= 4 is 6.08 Å². The molecule has 0 saturated heterocycles. The predicted molar refractivity (Wildman–Crippen MR) is 77.2 cm³/mol. The number of benzene rings is 1. The van der Waals surface area contributed by atoms with E-state index in [1.165, 1.54) is 0 Å². The van der Waals surface area contributed by atoms with Crippen molar-refractivity contribution in [2.24, 2.45) is 4.99 Å². The summed E-state index contributed by atoms with van der Waals surface area (Å²) in [6.45, 7) is 2.08. The number of carbonyl (C=O) groups excluding carboxylic acids is 1. The molecular weight excluding hydrogens is 254 g/mol. The maximum atomic E-state index is 10.9. The fraction of sp³-hybridized carbons (Fsp3) is 0.562. The standard InChI is InChI=1S/C16H21NO3/c1-4-13-14(9-12(19-2)10-15(13)20-3)16(17-11-18)7-5-6-8-16/h9-10H,4-8H2,1-3H3. The normalized spacial score (nSPS) is 16.6. The molecular formula is C16H21NO3. The Morgan fingerprint density at radius 2 is 1.95 bits per heavy atom. The molecule has 1 saturated carbocycles. The topological polar surface area (TPSA) is 47.9 Å². The van der Waals surface area contributed by atoms with Crippen LogP contribution in [0.4, 0.5) is 0 Å². The van der Waals surface area contributed by atoms with Gasteiger partial charge in [0.25, 0.3) is 0 Å². The van der Waals surface area contributed by atoms with E-state index < -0.39 is 5.54 Å². The molecule has 0 unspecified atom stereocenters. The van der Waals surface area contributed by atoms with Gasteiger partial charge in [0.15, 0.2) is 0 Å². The monoisotopic (exact) mass is 275 g/mol. The van der Waals surface area contributed by atoms with Gasteiger partial charge in [-0.15, -0.1) is 0 Å². The van der Waals surface area contributed by atoms with E-state index in [-0.39, 0.29) is 0 Å². The van der Waals surface area contributed by atoms with E-state index in [9.17, 15) is 4.79 Å². The number of ether oxygens (including phenoxy) is 2. The minimum Gasteiger partial charge on any atom is -0.497 e. The van der Waals surface area contributed by atoms with Crippen molar-refractivity contribution < 1.29 is 14.3 Å². The molecule has 4 nitrogen and oxygen atoms in total. The zero-order chi connectivity index (χ0) is 14.6. The summed E-state index contributed by atoms with van der Waals surface area (Å²) in [5, 5.41) is 0. The summed E-state index contributed by atoms with van der Waals surface area (Å²) in [7, 11) is 3.29. The van der Waals surface area contributed by atoms with Gasteiger partial charge in [-0.25, -0.2) is 4.79 Å². The number of isocyanates is 1. The SMILES string of the molecule is CCc1c(OC)cc(OC)cc1C1(N=C=O)CCCC1. The summed E-state index contributed by atoms with van der Waals surface area (Å²) in [6, 6.07) is 3.88. The summed E-state index contributed by atoms with van der Waals surface area (Å²) in [6.07, 6.45) is 6.52. The van der Waals surface area contributed by atoms with Gasteiger partial charge in [0, 0.05) is 6.07 Å². The maximum absolute atomic E-state index is 10.9. The highest BCUT2D eigenvalue weighted by molar-refractivity contribution is 5.51. The molecule has 0 heterocycles. The van der Waals surface area contributed by atoms with E-state index in [1.54, 1.807) is 20.3 Å². The number of methoxy groups -OCH3 is 2. The average molecular weight is 275 g/mol. The van der Waals surface area contributed by atoms with Crippen molar-refractivity contribution in [2.45, 2.75) is 44.6 Å². The molecule has 1 aliphatic carbocycles. The average Bonchev–Trinajstić information content (AvgIpc) is 2.95. The summed E-state index contributed by atoms with van der Waals surface area (Å²) >= 11 is 0. The minimum atomic E-state index is -0.449. The van der Waals surface area contributed by atoms with Crippen molar-refractivity contribution in [1.29, 1.82) is 0 Å². The van der Waals surface area contributed by atoms with Crippen LogP contribution in [0.1, 0.15) is 43.7 Å². The Hall–Kier alpha value is -1.80. The van der Waals surface area contributed by atoms with Crippen molar-refractivity contribution in [3.05, 3.63) is 23.3 Å². The zero-order valence-corrected chi connectivity index (χ0v) is 12.4. The third-order valence-corrected chi connectivity index (χ3v) is 4.18. The first-order chi connectivity index (χ1) is 9.70. The van der Waals surface area contributed by atoms with Crippen LogP contribution in [-0.4, -0.2) is 20.3 Å². The molecule has 0 aliphatic heterocycles. The van der Waals surface area contributed by atoms with Gasteiger partial charge in [0.2, 0.25) is 6.08 Å². The third kappa shape index (κ3) is 2.44. The zero-order valence-electron chi connectivity index (χ0n) is 12.4. The van der Waals surface area contributed by atoms with Crippen LogP contribution in [0.2, 0.25) is 0 Å². The molecule has 0 spiro atoms. The fourth-order valence-corrected chi connectivity index (χ4v) is 3.19. The van der Waals surface area contributed by atoms with Gasteiger partial charge >= 0.3 is 0 Å². The number of nitrogens with zero attached hydrogens (tertiary/aromatic N) is 1. The molecule has 4 heteroatoms. The highest BCUT2D eigenvalue weighted by atomic mass is 16.5.